The molecular formula is C28H32O2. The fourth-order valence-corrected chi connectivity index (χ4v) is 4.28. The van der Waals surface area contributed by atoms with Crippen molar-refractivity contribution in [2.75, 3.05) is 0 Å². The van der Waals surface area contributed by atoms with Crippen molar-refractivity contribution in [3.63, 3.8) is 0 Å². The van der Waals surface area contributed by atoms with Crippen LogP contribution in [0, 0.1) is 5.41 Å². The van der Waals surface area contributed by atoms with Crippen LogP contribution < -0.4 is 4.74 Å². The molecule has 156 valence electrons. The van der Waals surface area contributed by atoms with Crippen LogP contribution in [-0.4, -0.2) is 5.97 Å². The third-order valence-electron chi connectivity index (χ3n) is 5.31. The summed E-state index contributed by atoms with van der Waals surface area (Å²) in [4.78, 5) is 11.1. The normalized spacial score (nSPS) is 11.9. The summed E-state index contributed by atoms with van der Waals surface area (Å²) in [6, 6.07) is 25.2. The van der Waals surface area contributed by atoms with Crippen LogP contribution in [-0.2, 0) is 10.2 Å². The van der Waals surface area contributed by atoms with Gasteiger partial charge in [0.1, 0.15) is 5.75 Å². The highest BCUT2D eigenvalue weighted by Crippen LogP contribution is 2.37. The summed E-state index contributed by atoms with van der Waals surface area (Å²) >= 11 is 0. The molecule has 0 unspecified atom stereocenters. The fraction of sp³-hybridized carbons (Fsp3) is 0.321. The number of ether oxygens (including phenoxy) is 1. The second kappa shape index (κ2) is 8.47. The number of hydrogen-bond donors (Lipinski definition) is 0. The zero-order chi connectivity index (χ0) is 21.9. The van der Waals surface area contributed by atoms with Crippen molar-refractivity contribution < 1.29 is 9.53 Å². The van der Waals surface area contributed by atoms with E-state index in [9.17, 15) is 4.79 Å². The van der Waals surface area contributed by atoms with Gasteiger partial charge >= 0.3 is 5.97 Å². The molecule has 0 N–H and O–H groups in total. The molecule has 0 aliphatic carbocycles. The van der Waals surface area contributed by atoms with Gasteiger partial charge in [-0.1, -0.05) is 95.3 Å². The summed E-state index contributed by atoms with van der Waals surface area (Å²) in [5, 5.41) is 0. The Kier molecular flexibility index (Phi) is 6.17. The molecule has 0 amide bonds. The Bertz CT molecular complexity index is 987. The van der Waals surface area contributed by atoms with E-state index in [1.807, 2.05) is 24.3 Å². The molecule has 0 aliphatic heterocycles. The Labute approximate surface area is 180 Å². The Morgan fingerprint density at radius 3 is 1.40 bits per heavy atom. The van der Waals surface area contributed by atoms with Gasteiger partial charge in [-0.05, 0) is 57.2 Å². The summed E-state index contributed by atoms with van der Waals surface area (Å²) in [6.07, 6.45) is 1.14. The lowest BCUT2D eigenvalue weighted by molar-refractivity contribution is -0.131. The van der Waals surface area contributed by atoms with E-state index in [0.717, 1.165) is 17.5 Å². The van der Waals surface area contributed by atoms with Crippen LogP contribution in [0.25, 0.3) is 22.3 Å². The molecule has 0 aliphatic rings. The highest BCUT2D eigenvalue weighted by Gasteiger charge is 2.27. The van der Waals surface area contributed by atoms with Gasteiger partial charge in [-0.3, -0.25) is 4.79 Å². The monoisotopic (exact) mass is 400 g/mol. The molecule has 2 heteroatoms. The van der Waals surface area contributed by atoms with Crippen molar-refractivity contribution in [1.82, 2.24) is 0 Å². The molecule has 0 spiro atoms. The summed E-state index contributed by atoms with van der Waals surface area (Å²) in [5.41, 5.74) is 6.49. The lowest BCUT2D eigenvalue weighted by Crippen LogP contribution is -2.24. The van der Waals surface area contributed by atoms with Crippen LogP contribution in [0.4, 0.5) is 0 Å². The first kappa shape index (κ1) is 21.8. The maximum Gasteiger partial charge on any atom is 0.308 e. The van der Waals surface area contributed by atoms with Gasteiger partial charge in [0.25, 0.3) is 0 Å². The number of esters is 1. The third-order valence-corrected chi connectivity index (χ3v) is 5.31. The highest BCUT2D eigenvalue weighted by atomic mass is 16.5. The lowest BCUT2D eigenvalue weighted by atomic mass is 9.72. The van der Waals surface area contributed by atoms with Gasteiger partial charge < -0.3 is 4.74 Å². The molecule has 0 bridgehead atoms. The van der Waals surface area contributed by atoms with Gasteiger partial charge in [0.05, 0.1) is 0 Å². The largest absolute Gasteiger partial charge is 0.427 e. The molecule has 3 rings (SSSR count). The summed E-state index contributed by atoms with van der Waals surface area (Å²) in [5.74, 6) is 0.261. The minimum absolute atomic E-state index is 0.152. The molecule has 0 heterocycles. The smallest absolute Gasteiger partial charge is 0.308 e. The first-order valence-electron chi connectivity index (χ1n) is 10.5. The van der Waals surface area contributed by atoms with E-state index in [-0.39, 0.29) is 11.4 Å². The van der Waals surface area contributed by atoms with Crippen molar-refractivity contribution in [3.05, 3.63) is 78.4 Å². The minimum Gasteiger partial charge on any atom is -0.427 e. The van der Waals surface area contributed by atoms with E-state index in [1.54, 1.807) is 0 Å². The van der Waals surface area contributed by atoms with E-state index in [4.69, 9.17) is 4.74 Å². The van der Waals surface area contributed by atoms with Crippen LogP contribution in [0.15, 0.2) is 72.8 Å². The molecule has 0 saturated heterocycles. The van der Waals surface area contributed by atoms with Gasteiger partial charge in [-0.2, -0.15) is 0 Å². The Balaban J connectivity index is 1.75. The SMILES string of the molecule is CC(=O)Oc1ccc(-c2ccc(-c3ccc(C(C)(C)CC(C)(C)C)cc3)cc2)cc1. The highest BCUT2D eigenvalue weighted by molar-refractivity contribution is 5.72. The van der Waals surface area contributed by atoms with E-state index < -0.39 is 0 Å². The number of rotatable bonds is 5. The third kappa shape index (κ3) is 5.60. The second-order valence-electron chi connectivity index (χ2n) is 9.89. The van der Waals surface area contributed by atoms with Gasteiger partial charge in [-0.15, -0.1) is 0 Å². The first-order chi connectivity index (χ1) is 14.0. The predicted octanol–water partition coefficient (Wildman–Crippen LogP) is 7.66. The Morgan fingerprint density at radius 2 is 1.03 bits per heavy atom. The van der Waals surface area contributed by atoms with Crippen molar-refractivity contribution in [1.29, 1.82) is 0 Å². The molecule has 30 heavy (non-hydrogen) atoms. The first-order valence-corrected chi connectivity index (χ1v) is 10.5. The Hall–Kier alpha value is -2.87. The Morgan fingerprint density at radius 1 is 0.667 bits per heavy atom. The van der Waals surface area contributed by atoms with E-state index in [0.29, 0.717) is 11.2 Å². The summed E-state index contributed by atoms with van der Waals surface area (Å²) in [6.45, 7) is 13.0. The summed E-state index contributed by atoms with van der Waals surface area (Å²) < 4.78 is 5.10. The van der Waals surface area contributed by atoms with Gasteiger partial charge in [-0.25, -0.2) is 0 Å². The zero-order valence-corrected chi connectivity index (χ0v) is 19.0. The molecule has 0 saturated carbocycles. The number of carbonyl (C=O) groups excluding carboxylic acids is 1. The van der Waals surface area contributed by atoms with Crippen LogP contribution >= 0.6 is 0 Å². The second-order valence-corrected chi connectivity index (χ2v) is 9.89. The molecule has 3 aromatic carbocycles. The molecule has 0 aromatic heterocycles. The minimum atomic E-state index is -0.306. The van der Waals surface area contributed by atoms with Crippen molar-refractivity contribution in [2.24, 2.45) is 5.41 Å². The fourth-order valence-electron chi connectivity index (χ4n) is 4.28. The zero-order valence-electron chi connectivity index (χ0n) is 19.0. The molecule has 3 aromatic rings. The average Bonchev–Trinajstić information content (AvgIpc) is 2.67. The van der Waals surface area contributed by atoms with E-state index in [1.165, 1.54) is 23.6 Å². The molecule has 0 fully saturated rings. The van der Waals surface area contributed by atoms with E-state index >= 15 is 0 Å². The van der Waals surface area contributed by atoms with Crippen molar-refractivity contribution in [3.8, 4) is 28.0 Å². The quantitative estimate of drug-likeness (QED) is 0.324. The molecule has 2 nitrogen and oxygen atoms in total. The van der Waals surface area contributed by atoms with Crippen LogP contribution in [0.3, 0.4) is 0 Å². The van der Waals surface area contributed by atoms with Crippen LogP contribution in [0.5, 0.6) is 5.75 Å². The van der Waals surface area contributed by atoms with Crippen LogP contribution in [0.1, 0.15) is 53.5 Å². The van der Waals surface area contributed by atoms with Crippen molar-refractivity contribution >= 4 is 5.97 Å². The molecule has 0 atom stereocenters. The topological polar surface area (TPSA) is 26.3 Å². The number of hydrogen-bond acceptors (Lipinski definition) is 2. The number of benzene rings is 3. The lowest BCUT2D eigenvalue weighted by Gasteiger charge is -2.33. The van der Waals surface area contributed by atoms with E-state index in [2.05, 4.69) is 83.1 Å². The number of carbonyl (C=O) groups is 1. The van der Waals surface area contributed by atoms with Gasteiger partial charge in [0.15, 0.2) is 0 Å². The predicted molar refractivity (Wildman–Crippen MR) is 126 cm³/mol. The standard InChI is InChI=1S/C28H32O2/c1-20(29)30-26-17-13-24(14-18-26)22-9-7-21(8-10-22)23-11-15-25(16-12-23)28(5,6)19-27(2,3)4/h7-18H,19H2,1-6H3. The summed E-state index contributed by atoms with van der Waals surface area (Å²) in [7, 11) is 0. The van der Waals surface area contributed by atoms with Gasteiger partial charge in [0.2, 0.25) is 0 Å². The maximum absolute atomic E-state index is 11.1. The van der Waals surface area contributed by atoms with Gasteiger partial charge in [0, 0.05) is 6.92 Å². The van der Waals surface area contributed by atoms with Crippen molar-refractivity contribution in [2.45, 2.75) is 53.4 Å². The molecule has 0 radical (unpaired) electrons. The van der Waals surface area contributed by atoms with Crippen LogP contribution in [0.2, 0.25) is 0 Å². The molecular weight excluding hydrogens is 368 g/mol. The maximum atomic E-state index is 11.1. The average molecular weight is 401 g/mol.